The maximum absolute atomic E-state index is 13.5. The van der Waals surface area contributed by atoms with Gasteiger partial charge in [0.25, 0.3) is 15.9 Å². The van der Waals surface area contributed by atoms with Gasteiger partial charge in [-0.1, -0.05) is 43.2 Å². The monoisotopic (exact) mass is 471 g/mol. The molecule has 168 valence electrons. The zero-order chi connectivity index (χ0) is 22.6. The first kappa shape index (κ1) is 22.4. The van der Waals surface area contributed by atoms with Crippen molar-refractivity contribution >= 4 is 32.4 Å². The quantitative estimate of drug-likeness (QED) is 0.545. The zero-order valence-corrected chi connectivity index (χ0v) is 19.1. The van der Waals surface area contributed by atoms with Crippen LogP contribution in [0.2, 0.25) is 0 Å². The summed E-state index contributed by atoms with van der Waals surface area (Å²) in [5.41, 5.74) is 1.36. The Bertz CT molecular complexity index is 1130. The van der Waals surface area contributed by atoms with Crippen LogP contribution in [0.5, 0.6) is 0 Å². The van der Waals surface area contributed by atoms with Crippen LogP contribution in [0.3, 0.4) is 0 Å². The van der Waals surface area contributed by atoms with Gasteiger partial charge in [0.1, 0.15) is 0 Å². The number of nitrogens with zero attached hydrogens (tertiary/aromatic N) is 2. The van der Waals surface area contributed by atoms with Gasteiger partial charge in [-0.2, -0.15) is 0 Å². The maximum Gasteiger partial charge on any atom is 0.263 e. The molecule has 0 bridgehead atoms. The van der Waals surface area contributed by atoms with Gasteiger partial charge in [0.15, 0.2) is 5.13 Å². The van der Waals surface area contributed by atoms with Gasteiger partial charge < -0.3 is 10.0 Å². The standard InChI is InChI=1S/C23H25N3O4S2/c27-21-9-5-4-8-20(21)26(16-17-6-2-1-3-7-17)22(28)18-10-12-19(13-11-18)32(29,30)25-23-24-14-15-31-23/h1-3,6-7,10-15,20-21,27H,4-5,8-9,16H2,(H,24,25)/t20-,21-/m1/s1. The van der Waals surface area contributed by atoms with E-state index >= 15 is 0 Å². The lowest BCUT2D eigenvalue weighted by Crippen LogP contribution is -2.48. The Morgan fingerprint density at radius 2 is 1.81 bits per heavy atom. The van der Waals surface area contributed by atoms with E-state index in [2.05, 4.69) is 9.71 Å². The Kier molecular flexibility index (Phi) is 6.88. The molecule has 1 heterocycles. The number of carbonyl (C=O) groups is 1. The summed E-state index contributed by atoms with van der Waals surface area (Å²) in [4.78, 5) is 19.2. The van der Waals surface area contributed by atoms with E-state index in [0.29, 0.717) is 18.5 Å². The lowest BCUT2D eigenvalue weighted by Gasteiger charge is -2.38. The third kappa shape index (κ3) is 5.17. The Balaban J connectivity index is 1.57. The van der Waals surface area contributed by atoms with Crippen molar-refractivity contribution in [2.45, 2.75) is 49.3 Å². The number of hydrogen-bond acceptors (Lipinski definition) is 6. The van der Waals surface area contributed by atoms with Crippen LogP contribution < -0.4 is 4.72 Å². The summed E-state index contributed by atoms with van der Waals surface area (Å²) >= 11 is 1.19. The summed E-state index contributed by atoms with van der Waals surface area (Å²) in [7, 11) is -3.79. The van der Waals surface area contributed by atoms with E-state index in [-0.39, 0.29) is 22.0 Å². The predicted octanol–water partition coefficient (Wildman–Crippen LogP) is 3.89. The summed E-state index contributed by atoms with van der Waals surface area (Å²) in [5, 5.41) is 12.6. The van der Waals surface area contributed by atoms with Gasteiger partial charge in [0, 0.05) is 23.7 Å². The highest BCUT2D eigenvalue weighted by molar-refractivity contribution is 7.93. The minimum absolute atomic E-state index is 0.0524. The zero-order valence-electron chi connectivity index (χ0n) is 17.4. The Morgan fingerprint density at radius 3 is 2.47 bits per heavy atom. The molecule has 32 heavy (non-hydrogen) atoms. The smallest absolute Gasteiger partial charge is 0.263 e. The van der Waals surface area contributed by atoms with E-state index in [9.17, 15) is 18.3 Å². The molecule has 7 nitrogen and oxygen atoms in total. The number of aliphatic hydroxyl groups is 1. The second-order valence-electron chi connectivity index (χ2n) is 7.80. The second kappa shape index (κ2) is 9.81. The van der Waals surface area contributed by atoms with Crippen molar-refractivity contribution in [3.63, 3.8) is 0 Å². The number of rotatable bonds is 7. The highest BCUT2D eigenvalue weighted by Crippen LogP contribution is 2.27. The van der Waals surface area contributed by atoms with Crippen LogP contribution in [0.15, 0.2) is 71.1 Å². The molecule has 0 spiro atoms. The van der Waals surface area contributed by atoms with Crippen molar-refractivity contribution in [3.05, 3.63) is 77.3 Å². The third-order valence-corrected chi connectivity index (χ3v) is 7.79. The van der Waals surface area contributed by atoms with Gasteiger partial charge >= 0.3 is 0 Å². The summed E-state index contributed by atoms with van der Waals surface area (Å²) in [5.74, 6) is -0.225. The number of amides is 1. The van der Waals surface area contributed by atoms with Gasteiger partial charge in [0.2, 0.25) is 0 Å². The van der Waals surface area contributed by atoms with Gasteiger partial charge in [-0.05, 0) is 42.7 Å². The third-order valence-electron chi connectivity index (χ3n) is 5.62. The van der Waals surface area contributed by atoms with Gasteiger partial charge in [-0.15, -0.1) is 11.3 Å². The molecular formula is C23H25N3O4S2. The second-order valence-corrected chi connectivity index (χ2v) is 10.4. The number of benzene rings is 2. The van der Waals surface area contributed by atoms with Crippen LogP contribution in [0.4, 0.5) is 5.13 Å². The predicted molar refractivity (Wildman–Crippen MR) is 124 cm³/mol. The van der Waals surface area contributed by atoms with Crippen molar-refractivity contribution < 1.29 is 18.3 Å². The lowest BCUT2D eigenvalue weighted by molar-refractivity contribution is 0.0149. The average molecular weight is 472 g/mol. The molecule has 1 fully saturated rings. The number of aliphatic hydroxyl groups excluding tert-OH is 1. The van der Waals surface area contributed by atoms with E-state index in [4.69, 9.17) is 0 Å². The molecule has 1 saturated carbocycles. The number of thiazole rings is 1. The van der Waals surface area contributed by atoms with Crippen molar-refractivity contribution in [2.24, 2.45) is 0 Å². The highest BCUT2D eigenvalue weighted by Gasteiger charge is 2.32. The molecule has 1 aromatic heterocycles. The fourth-order valence-electron chi connectivity index (χ4n) is 3.97. The Morgan fingerprint density at radius 1 is 1.09 bits per heavy atom. The molecule has 3 aromatic rings. The minimum atomic E-state index is -3.79. The van der Waals surface area contributed by atoms with Crippen LogP contribution >= 0.6 is 11.3 Å². The van der Waals surface area contributed by atoms with E-state index in [0.717, 1.165) is 24.8 Å². The first-order valence-electron chi connectivity index (χ1n) is 10.5. The normalized spacial score (nSPS) is 18.8. The fourth-order valence-corrected chi connectivity index (χ4v) is 5.75. The van der Waals surface area contributed by atoms with E-state index in [1.165, 1.54) is 41.8 Å². The minimum Gasteiger partial charge on any atom is -0.391 e. The molecule has 0 saturated heterocycles. The molecule has 0 unspecified atom stereocenters. The summed E-state index contributed by atoms with van der Waals surface area (Å²) in [6, 6.07) is 15.3. The first-order valence-corrected chi connectivity index (χ1v) is 12.9. The van der Waals surface area contributed by atoms with Crippen molar-refractivity contribution in [1.29, 1.82) is 0 Å². The Hall–Kier alpha value is -2.75. The molecule has 4 rings (SSSR count). The molecule has 0 aliphatic heterocycles. The number of carbonyl (C=O) groups excluding carboxylic acids is 1. The van der Waals surface area contributed by atoms with E-state index in [1.54, 1.807) is 10.3 Å². The largest absolute Gasteiger partial charge is 0.391 e. The van der Waals surface area contributed by atoms with Crippen LogP contribution in [-0.2, 0) is 16.6 Å². The van der Waals surface area contributed by atoms with Gasteiger partial charge in [0.05, 0.1) is 17.0 Å². The molecule has 1 aliphatic rings. The van der Waals surface area contributed by atoms with Crippen molar-refractivity contribution in [2.75, 3.05) is 4.72 Å². The lowest BCUT2D eigenvalue weighted by atomic mass is 9.90. The van der Waals surface area contributed by atoms with E-state index in [1.807, 2.05) is 30.3 Å². The highest BCUT2D eigenvalue weighted by atomic mass is 32.2. The maximum atomic E-state index is 13.5. The number of aromatic nitrogens is 1. The fraction of sp³-hybridized carbons (Fsp3) is 0.304. The number of nitrogens with one attached hydrogen (secondary N) is 1. The van der Waals surface area contributed by atoms with Crippen LogP contribution in [-0.4, -0.2) is 41.5 Å². The summed E-state index contributed by atoms with van der Waals surface area (Å²) < 4.78 is 27.6. The molecule has 2 N–H and O–H groups in total. The van der Waals surface area contributed by atoms with Crippen LogP contribution in [0, 0.1) is 0 Å². The Labute approximate surface area is 191 Å². The van der Waals surface area contributed by atoms with Gasteiger partial charge in [-0.25, -0.2) is 13.4 Å². The molecule has 2 atom stereocenters. The topological polar surface area (TPSA) is 99.6 Å². The van der Waals surface area contributed by atoms with Crippen molar-refractivity contribution in [3.8, 4) is 0 Å². The number of hydrogen-bond donors (Lipinski definition) is 2. The molecule has 1 aliphatic carbocycles. The SMILES string of the molecule is O=C(c1ccc(S(=O)(=O)Nc2nccs2)cc1)N(Cc1ccccc1)[C@@H]1CCCC[C@H]1O. The summed E-state index contributed by atoms with van der Waals surface area (Å²) in [6.45, 7) is 0.382. The molecule has 2 aromatic carbocycles. The van der Waals surface area contributed by atoms with Gasteiger partial charge in [-0.3, -0.25) is 9.52 Å². The van der Waals surface area contributed by atoms with Crippen molar-refractivity contribution in [1.82, 2.24) is 9.88 Å². The number of sulfonamides is 1. The average Bonchev–Trinajstić information content (AvgIpc) is 3.31. The molecule has 9 heteroatoms. The van der Waals surface area contributed by atoms with E-state index < -0.39 is 16.1 Å². The van der Waals surface area contributed by atoms with Crippen LogP contribution in [0.1, 0.15) is 41.6 Å². The first-order chi connectivity index (χ1) is 15.4. The van der Waals surface area contributed by atoms with Crippen LogP contribution in [0.25, 0.3) is 0 Å². The molecule has 1 amide bonds. The molecular weight excluding hydrogens is 446 g/mol. The number of anilines is 1. The molecule has 0 radical (unpaired) electrons. The summed E-state index contributed by atoms with van der Waals surface area (Å²) in [6.07, 6.45) is 4.26.